The molecule has 2 N–H and O–H groups in total. The van der Waals surface area contributed by atoms with Crippen LogP contribution in [0.2, 0.25) is 0 Å². The third-order valence-corrected chi connectivity index (χ3v) is 6.24. The van der Waals surface area contributed by atoms with Gasteiger partial charge in [0.1, 0.15) is 5.54 Å². The van der Waals surface area contributed by atoms with Crippen LogP contribution in [0.25, 0.3) is 0 Å². The monoisotopic (exact) mass is 279 g/mol. The van der Waals surface area contributed by atoms with Crippen LogP contribution in [0.5, 0.6) is 0 Å². The fourth-order valence-corrected chi connectivity index (χ4v) is 5.66. The summed E-state index contributed by atoms with van der Waals surface area (Å²) in [6.07, 6.45) is 10.0. The molecular weight excluding hydrogens is 250 g/mol. The van der Waals surface area contributed by atoms with E-state index in [-0.39, 0.29) is 0 Å². The van der Waals surface area contributed by atoms with Crippen LogP contribution in [0.15, 0.2) is 0 Å². The Morgan fingerprint density at radius 2 is 1.70 bits per heavy atom. The first kappa shape index (κ1) is 14.4. The molecule has 0 aromatic carbocycles. The molecule has 0 aromatic heterocycles. The lowest BCUT2D eigenvalue weighted by Crippen LogP contribution is -2.57. The van der Waals surface area contributed by atoms with Gasteiger partial charge >= 0.3 is 5.97 Å². The lowest BCUT2D eigenvalue weighted by atomic mass is 9.49. The molecule has 114 valence electrons. The molecule has 3 heteroatoms. The van der Waals surface area contributed by atoms with Crippen LogP contribution in [-0.4, -0.2) is 23.2 Å². The number of carboxylic acids is 1. The molecule has 0 amide bonds. The van der Waals surface area contributed by atoms with Gasteiger partial charge in [0, 0.05) is 6.54 Å². The van der Waals surface area contributed by atoms with Gasteiger partial charge in [0.2, 0.25) is 0 Å². The van der Waals surface area contributed by atoms with Gasteiger partial charge in [0.15, 0.2) is 0 Å². The van der Waals surface area contributed by atoms with Gasteiger partial charge in [-0.25, -0.2) is 0 Å². The zero-order chi connectivity index (χ0) is 14.4. The van der Waals surface area contributed by atoms with Crippen LogP contribution in [0.1, 0.15) is 65.2 Å². The number of carbonyl (C=O) groups is 1. The summed E-state index contributed by atoms with van der Waals surface area (Å²) in [5, 5.41) is 13.0. The summed E-state index contributed by atoms with van der Waals surface area (Å²) >= 11 is 0. The molecule has 0 spiro atoms. The third-order valence-electron chi connectivity index (χ3n) is 6.24. The Labute approximate surface area is 122 Å². The van der Waals surface area contributed by atoms with Crippen molar-refractivity contribution in [3.8, 4) is 0 Å². The van der Waals surface area contributed by atoms with Crippen molar-refractivity contribution in [1.29, 1.82) is 0 Å². The lowest BCUT2D eigenvalue weighted by molar-refractivity contribution is -0.145. The zero-order valence-corrected chi connectivity index (χ0v) is 13.0. The minimum Gasteiger partial charge on any atom is -0.480 e. The van der Waals surface area contributed by atoms with Crippen molar-refractivity contribution in [2.24, 2.45) is 23.2 Å². The highest BCUT2D eigenvalue weighted by Crippen LogP contribution is 2.59. The summed E-state index contributed by atoms with van der Waals surface area (Å²) in [6.45, 7) is 4.84. The van der Waals surface area contributed by atoms with Crippen LogP contribution in [0.3, 0.4) is 0 Å². The van der Waals surface area contributed by atoms with Gasteiger partial charge in [0.25, 0.3) is 0 Å². The molecule has 0 aromatic rings. The average Bonchev–Trinajstić information content (AvgIpc) is 2.35. The van der Waals surface area contributed by atoms with Crippen LogP contribution >= 0.6 is 0 Å². The van der Waals surface area contributed by atoms with Gasteiger partial charge in [-0.15, -0.1) is 0 Å². The number of hydrogen-bond donors (Lipinski definition) is 2. The molecular formula is C17H29NO2. The van der Waals surface area contributed by atoms with E-state index in [1.807, 2.05) is 6.92 Å². The molecule has 4 aliphatic carbocycles. The van der Waals surface area contributed by atoms with E-state index in [2.05, 4.69) is 12.2 Å². The minimum absolute atomic E-state index is 0.416. The molecule has 20 heavy (non-hydrogen) atoms. The molecule has 4 aliphatic rings. The Hall–Kier alpha value is -0.570. The summed E-state index contributed by atoms with van der Waals surface area (Å²) in [7, 11) is 0. The van der Waals surface area contributed by atoms with E-state index in [4.69, 9.17) is 0 Å². The average molecular weight is 279 g/mol. The number of hydrogen-bond acceptors (Lipinski definition) is 2. The summed E-state index contributed by atoms with van der Waals surface area (Å²) < 4.78 is 0. The standard InChI is InChI=1S/C17H29NO2/c1-3-4-16(2,15(19)20)18-11-17-8-12-5-13(9-17)7-14(6-12)10-17/h12-14,18H,3-11H2,1-2H3,(H,19,20). The highest BCUT2D eigenvalue weighted by molar-refractivity contribution is 5.78. The van der Waals surface area contributed by atoms with E-state index in [9.17, 15) is 9.90 Å². The second-order valence-electron chi connectivity index (χ2n) is 8.16. The number of nitrogens with one attached hydrogen (secondary N) is 1. The quantitative estimate of drug-likeness (QED) is 0.783. The van der Waals surface area contributed by atoms with Crippen molar-refractivity contribution in [3.63, 3.8) is 0 Å². The molecule has 1 atom stereocenters. The van der Waals surface area contributed by atoms with Gasteiger partial charge in [-0.05, 0) is 75.0 Å². The van der Waals surface area contributed by atoms with Crippen LogP contribution in [0, 0.1) is 23.2 Å². The number of rotatable bonds is 6. The normalized spacial score (nSPS) is 41.6. The fourth-order valence-electron chi connectivity index (χ4n) is 5.66. The van der Waals surface area contributed by atoms with Crippen molar-refractivity contribution in [1.82, 2.24) is 5.32 Å². The Balaban J connectivity index is 1.67. The van der Waals surface area contributed by atoms with E-state index in [0.717, 1.165) is 30.7 Å². The van der Waals surface area contributed by atoms with Crippen LogP contribution in [-0.2, 0) is 4.79 Å². The maximum absolute atomic E-state index is 11.6. The first-order valence-corrected chi connectivity index (χ1v) is 8.43. The molecule has 0 radical (unpaired) electrons. The molecule has 0 heterocycles. The van der Waals surface area contributed by atoms with E-state index >= 15 is 0 Å². The van der Waals surface area contributed by atoms with E-state index in [1.165, 1.54) is 38.5 Å². The molecule has 4 bridgehead atoms. The second-order valence-corrected chi connectivity index (χ2v) is 8.16. The van der Waals surface area contributed by atoms with Gasteiger partial charge in [-0.3, -0.25) is 4.79 Å². The number of aliphatic carboxylic acids is 1. The zero-order valence-electron chi connectivity index (χ0n) is 13.0. The van der Waals surface area contributed by atoms with Gasteiger partial charge in [-0.1, -0.05) is 13.3 Å². The third kappa shape index (κ3) is 2.49. The molecule has 4 fully saturated rings. The SMILES string of the molecule is CCCC(C)(NCC12CC3CC(CC(C3)C1)C2)C(=O)O. The second kappa shape index (κ2) is 5.01. The van der Waals surface area contributed by atoms with Crippen molar-refractivity contribution >= 4 is 5.97 Å². The Bertz CT molecular complexity index is 357. The topological polar surface area (TPSA) is 49.3 Å². The lowest BCUT2D eigenvalue weighted by Gasteiger charge is -2.57. The van der Waals surface area contributed by atoms with E-state index in [0.29, 0.717) is 11.8 Å². The fraction of sp³-hybridized carbons (Fsp3) is 0.941. The maximum Gasteiger partial charge on any atom is 0.323 e. The summed E-state index contributed by atoms with van der Waals surface area (Å²) in [4.78, 5) is 11.6. The highest BCUT2D eigenvalue weighted by Gasteiger charge is 2.51. The Morgan fingerprint density at radius 3 is 2.10 bits per heavy atom. The first-order valence-electron chi connectivity index (χ1n) is 8.43. The van der Waals surface area contributed by atoms with Crippen molar-refractivity contribution in [2.75, 3.05) is 6.54 Å². The molecule has 1 unspecified atom stereocenters. The Kier molecular flexibility index (Phi) is 3.60. The maximum atomic E-state index is 11.6. The first-order chi connectivity index (χ1) is 9.45. The molecule has 3 nitrogen and oxygen atoms in total. The van der Waals surface area contributed by atoms with E-state index < -0.39 is 11.5 Å². The predicted octanol–water partition coefficient (Wildman–Crippen LogP) is 3.44. The predicted molar refractivity (Wildman–Crippen MR) is 79.6 cm³/mol. The highest BCUT2D eigenvalue weighted by atomic mass is 16.4. The smallest absolute Gasteiger partial charge is 0.323 e. The summed E-state index contributed by atoms with van der Waals surface area (Å²) in [6, 6.07) is 0. The molecule has 0 aliphatic heterocycles. The van der Waals surface area contributed by atoms with Crippen LogP contribution in [0.4, 0.5) is 0 Å². The van der Waals surface area contributed by atoms with Crippen molar-refractivity contribution < 1.29 is 9.90 Å². The molecule has 0 saturated heterocycles. The van der Waals surface area contributed by atoms with Crippen molar-refractivity contribution in [2.45, 2.75) is 70.8 Å². The molecule has 4 saturated carbocycles. The van der Waals surface area contributed by atoms with Gasteiger partial charge in [-0.2, -0.15) is 0 Å². The largest absolute Gasteiger partial charge is 0.480 e. The van der Waals surface area contributed by atoms with E-state index in [1.54, 1.807) is 0 Å². The van der Waals surface area contributed by atoms with Crippen LogP contribution < -0.4 is 5.32 Å². The number of carboxylic acid groups (broad SMARTS) is 1. The summed E-state index contributed by atoms with van der Waals surface area (Å²) in [5.74, 6) is 2.12. The van der Waals surface area contributed by atoms with Gasteiger partial charge < -0.3 is 10.4 Å². The van der Waals surface area contributed by atoms with Crippen molar-refractivity contribution in [3.05, 3.63) is 0 Å². The Morgan fingerprint density at radius 1 is 1.20 bits per heavy atom. The summed E-state index contributed by atoms with van der Waals surface area (Å²) in [5.41, 5.74) is -0.322. The minimum atomic E-state index is -0.738. The molecule has 4 rings (SSSR count). The van der Waals surface area contributed by atoms with Gasteiger partial charge in [0.05, 0.1) is 0 Å².